The molecule has 1 aliphatic rings. The molecular formula is C17H25NO3. The number of nitrogens with zero attached hydrogens (tertiary/aromatic N) is 1. The summed E-state index contributed by atoms with van der Waals surface area (Å²) in [6.07, 6.45) is 2.60. The van der Waals surface area contributed by atoms with E-state index in [-0.39, 0.29) is 12.0 Å². The highest BCUT2D eigenvalue weighted by Gasteiger charge is 2.23. The molecule has 0 radical (unpaired) electrons. The van der Waals surface area contributed by atoms with Crippen LogP contribution < -0.4 is 0 Å². The van der Waals surface area contributed by atoms with Crippen molar-refractivity contribution in [2.24, 2.45) is 0 Å². The first-order chi connectivity index (χ1) is 10.2. The van der Waals surface area contributed by atoms with E-state index in [1.165, 1.54) is 5.56 Å². The molecule has 1 fully saturated rings. The van der Waals surface area contributed by atoms with E-state index < -0.39 is 0 Å². The second-order valence-corrected chi connectivity index (χ2v) is 5.61. The van der Waals surface area contributed by atoms with Crippen LogP contribution in [0.15, 0.2) is 24.3 Å². The van der Waals surface area contributed by atoms with Crippen molar-refractivity contribution in [1.29, 1.82) is 0 Å². The van der Waals surface area contributed by atoms with E-state index >= 15 is 0 Å². The van der Waals surface area contributed by atoms with Gasteiger partial charge in [0.1, 0.15) is 0 Å². The van der Waals surface area contributed by atoms with Gasteiger partial charge in [-0.3, -0.25) is 4.79 Å². The summed E-state index contributed by atoms with van der Waals surface area (Å²) in [5.41, 5.74) is 2.30. The molecule has 0 aromatic heterocycles. The number of aryl methyl sites for hydroxylation is 1. The van der Waals surface area contributed by atoms with Gasteiger partial charge in [0.15, 0.2) is 0 Å². The zero-order valence-electron chi connectivity index (χ0n) is 13.0. The van der Waals surface area contributed by atoms with Gasteiger partial charge in [-0.1, -0.05) is 29.8 Å². The average molecular weight is 291 g/mol. The predicted octanol–water partition coefficient (Wildman–Crippen LogP) is 2.19. The molecule has 1 aliphatic heterocycles. The van der Waals surface area contributed by atoms with Crippen molar-refractivity contribution in [3.05, 3.63) is 35.4 Å². The molecule has 0 spiro atoms. The van der Waals surface area contributed by atoms with Crippen LogP contribution in [-0.2, 0) is 20.7 Å². The minimum atomic E-state index is 0.218. The van der Waals surface area contributed by atoms with Crippen LogP contribution in [0, 0.1) is 6.92 Å². The third-order valence-corrected chi connectivity index (χ3v) is 3.87. The highest BCUT2D eigenvalue weighted by Crippen LogP contribution is 2.15. The summed E-state index contributed by atoms with van der Waals surface area (Å²) in [7, 11) is 1.68. The first-order valence-electron chi connectivity index (χ1n) is 7.63. The van der Waals surface area contributed by atoms with Crippen molar-refractivity contribution in [3.8, 4) is 0 Å². The third-order valence-electron chi connectivity index (χ3n) is 3.87. The number of amides is 1. The highest BCUT2D eigenvalue weighted by atomic mass is 16.5. The summed E-state index contributed by atoms with van der Waals surface area (Å²) in [4.78, 5) is 14.3. The largest absolute Gasteiger partial charge is 0.382 e. The number of rotatable bonds is 6. The topological polar surface area (TPSA) is 38.8 Å². The second kappa shape index (κ2) is 8.15. The molecule has 4 heteroatoms. The molecule has 0 atom stereocenters. The monoisotopic (exact) mass is 291 g/mol. The zero-order chi connectivity index (χ0) is 15.1. The smallest absolute Gasteiger partial charge is 0.226 e. The number of hydrogen-bond acceptors (Lipinski definition) is 3. The van der Waals surface area contributed by atoms with Gasteiger partial charge in [0, 0.05) is 20.2 Å². The van der Waals surface area contributed by atoms with Crippen LogP contribution in [0.25, 0.3) is 0 Å². The summed E-state index contributed by atoms with van der Waals surface area (Å²) in [5.74, 6) is 0.218. The lowest BCUT2D eigenvalue weighted by molar-refractivity contribution is -0.133. The van der Waals surface area contributed by atoms with Gasteiger partial charge >= 0.3 is 0 Å². The maximum atomic E-state index is 12.3. The van der Waals surface area contributed by atoms with E-state index in [1.54, 1.807) is 7.11 Å². The second-order valence-electron chi connectivity index (χ2n) is 5.61. The van der Waals surface area contributed by atoms with Crippen molar-refractivity contribution in [2.45, 2.75) is 32.3 Å². The molecule has 1 aromatic carbocycles. The van der Waals surface area contributed by atoms with Gasteiger partial charge in [0.05, 0.1) is 25.7 Å². The van der Waals surface area contributed by atoms with Gasteiger partial charge in [-0.05, 0) is 25.3 Å². The molecule has 0 aliphatic carbocycles. The number of piperidine rings is 1. The van der Waals surface area contributed by atoms with Crippen LogP contribution in [0.2, 0.25) is 0 Å². The lowest BCUT2D eigenvalue weighted by Gasteiger charge is -2.32. The van der Waals surface area contributed by atoms with Crippen molar-refractivity contribution < 1.29 is 14.3 Å². The molecule has 0 N–H and O–H groups in total. The molecule has 0 bridgehead atoms. The van der Waals surface area contributed by atoms with Gasteiger partial charge < -0.3 is 14.4 Å². The Morgan fingerprint density at radius 3 is 2.71 bits per heavy atom. The van der Waals surface area contributed by atoms with E-state index in [1.807, 2.05) is 17.0 Å². The maximum absolute atomic E-state index is 12.3. The minimum absolute atomic E-state index is 0.218. The van der Waals surface area contributed by atoms with Crippen molar-refractivity contribution in [3.63, 3.8) is 0 Å². The normalized spacial score (nSPS) is 16.2. The van der Waals surface area contributed by atoms with Gasteiger partial charge in [-0.2, -0.15) is 0 Å². The molecule has 2 rings (SSSR count). The maximum Gasteiger partial charge on any atom is 0.226 e. The first kappa shape index (κ1) is 16.0. The standard InChI is InChI=1S/C17H25NO3/c1-14-4-3-5-15(12-14)13-17(19)18-8-6-16(7-9-18)21-11-10-20-2/h3-5,12,16H,6-11,13H2,1-2H3. The minimum Gasteiger partial charge on any atom is -0.382 e. The van der Waals surface area contributed by atoms with Crippen molar-refractivity contribution in [2.75, 3.05) is 33.4 Å². The first-order valence-corrected chi connectivity index (χ1v) is 7.63. The molecule has 1 saturated heterocycles. The summed E-state index contributed by atoms with van der Waals surface area (Å²) < 4.78 is 10.7. The van der Waals surface area contributed by atoms with Gasteiger partial charge in [0.2, 0.25) is 5.91 Å². The molecular weight excluding hydrogens is 266 g/mol. The van der Waals surface area contributed by atoms with Crippen LogP contribution in [0.1, 0.15) is 24.0 Å². The van der Waals surface area contributed by atoms with Crippen molar-refractivity contribution in [1.82, 2.24) is 4.90 Å². The Bertz CT molecular complexity index is 453. The Labute approximate surface area is 127 Å². The quantitative estimate of drug-likeness (QED) is 0.754. The molecule has 21 heavy (non-hydrogen) atoms. The number of likely N-dealkylation sites (tertiary alicyclic amines) is 1. The summed E-state index contributed by atoms with van der Waals surface area (Å²) in [6.45, 7) is 4.91. The van der Waals surface area contributed by atoms with Gasteiger partial charge in [0.25, 0.3) is 0 Å². The number of ether oxygens (including phenoxy) is 2. The number of methoxy groups -OCH3 is 1. The van der Waals surface area contributed by atoms with E-state index in [0.717, 1.165) is 31.5 Å². The summed E-state index contributed by atoms with van der Waals surface area (Å²) in [5, 5.41) is 0. The van der Waals surface area contributed by atoms with Crippen molar-refractivity contribution >= 4 is 5.91 Å². The fourth-order valence-electron chi connectivity index (χ4n) is 2.68. The average Bonchev–Trinajstić information content (AvgIpc) is 2.48. The van der Waals surface area contributed by atoms with E-state index in [2.05, 4.69) is 19.1 Å². The highest BCUT2D eigenvalue weighted by molar-refractivity contribution is 5.78. The Balaban J connectivity index is 1.75. The predicted molar refractivity (Wildman–Crippen MR) is 82.3 cm³/mol. The third kappa shape index (κ3) is 5.14. The van der Waals surface area contributed by atoms with Crippen LogP contribution in [0.4, 0.5) is 0 Å². The molecule has 116 valence electrons. The zero-order valence-corrected chi connectivity index (χ0v) is 13.0. The summed E-state index contributed by atoms with van der Waals surface area (Å²) in [6, 6.07) is 8.16. The van der Waals surface area contributed by atoms with Crippen LogP contribution in [0.5, 0.6) is 0 Å². The fourth-order valence-corrected chi connectivity index (χ4v) is 2.68. The summed E-state index contributed by atoms with van der Waals surface area (Å²) >= 11 is 0. The van der Waals surface area contributed by atoms with E-state index in [4.69, 9.17) is 9.47 Å². The Morgan fingerprint density at radius 2 is 2.05 bits per heavy atom. The number of carbonyl (C=O) groups is 1. The molecule has 1 heterocycles. The number of hydrogen-bond donors (Lipinski definition) is 0. The fraction of sp³-hybridized carbons (Fsp3) is 0.588. The lowest BCUT2D eigenvalue weighted by atomic mass is 10.0. The van der Waals surface area contributed by atoms with E-state index in [0.29, 0.717) is 19.6 Å². The molecule has 0 unspecified atom stereocenters. The van der Waals surface area contributed by atoms with Crippen LogP contribution >= 0.6 is 0 Å². The Kier molecular flexibility index (Phi) is 6.21. The number of carbonyl (C=O) groups excluding carboxylic acids is 1. The number of benzene rings is 1. The molecule has 1 aromatic rings. The van der Waals surface area contributed by atoms with Crippen LogP contribution in [-0.4, -0.2) is 50.3 Å². The van der Waals surface area contributed by atoms with E-state index in [9.17, 15) is 4.79 Å². The molecule has 4 nitrogen and oxygen atoms in total. The Hall–Kier alpha value is -1.39. The van der Waals surface area contributed by atoms with Gasteiger partial charge in [-0.25, -0.2) is 0 Å². The molecule has 1 amide bonds. The van der Waals surface area contributed by atoms with Gasteiger partial charge in [-0.15, -0.1) is 0 Å². The lowest BCUT2D eigenvalue weighted by Crippen LogP contribution is -2.41. The van der Waals surface area contributed by atoms with Crippen LogP contribution in [0.3, 0.4) is 0 Å². The Morgan fingerprint density at radius 1 is 1.29 bits per heavy atom. The molecule has 0 saturated carbocycles. The SMILES string of the molecule is COCCOC1CCN(C(=O)Cc2cccc(C)c2)CC1.